The lowest BCUT2D eigenvalue weighted by molar-refractivity contribution is -0.132. The molecule has 0 heterocycles. The quantitative estimate of drug-likeness (QED) is 0.612. The van der Waals surface area contributed by atoms with Crippen molar-refractivity contribution in [2.45, 2.75) is 32.1 Å². The highest BCUT2D eigenvalue weighted by atomic mass is 32.2. The topological polar surface area (TPSA) is 101 Å². The predicted molar refractivity (Wildman–Crippen MR) is 70.4 cm³/mol. The maximum Gasteiger partial charge on any atom is 0.227 e. The van der Waals surface area contributed by atoms with Crippen LogP contribution < -0.4 is 15.8 Å². The van der Waals surface area contributed by atoms with Gasteiger partial charge >= 0.3 is 0 Å². The van der Waals surface area contributed by atoms with Gasteiger partial charge in [0.05, 0.1) is 11.2 Å². The molecule has 18 heavy (non-hydrogen) atoms. The van der Waals surface area contributed by atoms with Gasteiger partial charge < -0.3 is 11.1 Å². The molecule has 4 N–H and O–H groups in total. The average Bonchev–Trinajstić information content (AvgIpc) is 2.39. The molecule has 0 unspecified atom stereocenters. The van der Waals surface area contributed by atoms with Crippen molar-refractivity contribution in [3.8, 4) is 0 Å². The first kappa shape index (κ1) is 15.4. The van der Waals surface area contributed by atoms with Crippen molar-refractivity contribution < 1.29 is 13.2 Å². The second kappa shape index (κ2) is 6.49. The second-order valence-corrected chi connectivity index (χ2v) is 6.87. The SMILES string of the molecule is CNS(=O)(=O)CCNC(=O)C1(CN)CCCCC1. The Kier molecular flexibility index (Phi) is 5.55. The van der Waals surface area contributed by atoms with Crippen LogP contribution in [0, 0.1) is 5.41 Å². The molecule has 1 rings (SSSR count). The van der Waals surface area contributed by atoms with Crippen LogP contribution in [0.1, 0.15) is 32.1 Å². The van der Waals surface area contributed by atoms with Crippen LogP contribution >= 0.6 is 0 Å². The normalized spacial score (nSPS) is 19.4. The summed E-state index contributed by atoms with van der Waals surface area (Å²) in [7, 11) is -1.91. The van der Waals surface area contributed by atoms with Crippen LogP contribution in [0.4, 0.5) is 0 Å². The molecule has 1 saturated carbocycles. The third kappa shape index (κ3) is 3.93. The standard InChI is InChI=1S/C11H23N3O3S/c1-13-18(16,17)8-7-14-10(15)11(9-12)5-3-2-4-6-11/h13H,2-9,12H2,1H3,(H,14,15). The molecule has 0 aromatic heterocycles. The molecule has 1 fully saturated rings. The Bertz CT molecular complexity index is 375. The molecule has 7 heteroatoms. The van der Waals surface area contributed by atoms with Gasteiger partial charge in [-0.1, -0.05) is 19.3 Å². The lowest BCUT2D eigenvalue weighted by atomic mass is 9.73. The highest BCUT2D eigenvalue weighted by Gasteiger charge is 2.37. The van der Waals surface area contributed by atoms with Crippen molar-refractivity contribution >= 4 is 15.9 Å². The summed E-state index contributed by atoms with van der Waals surface area (Å²) in [4.78, 5) is 12.1. The van der Waals surface area contributed by atoms with E-state index in [2.05, 4.69) is 10.0 Å². The molecule has 0 aromatic rings. The Morgan fingerprint density at radius 3 is 2.39 bits per heavy atom. The van der Waals surface area contributed by atoms with Crippen molar-refractivity contribution in [2.24, 2.45) is 11.1 Å². The van der Waals surface area contributed by atoms with Crippen molar-refractivity contribution in [3.63, 3.8) is 0 Å². The zero-order chi connectivity index (χ0) is 13.6. The number of rotatable bonds is 6. The number of sulfonamides is 1. The molecule has 1 amide bonds. The minimum Gasteiger partial charge on any atom is -0.355 e. The van der Waals surface area contributed by atoms with E-state index < -0.39 is 15.4 Å². The molecule has 1 aliphatic rings. The molecule has 0 atom stereocenters. The minimum atomic E-state index is -3.27. The van der Waals surface area contributed by atoms with Gasteiger partial charge in [-0.25, -0.2) is 13.1 Å². The first-order valence-electron chi connectivity index (χ1n) is 6.35. The van der Waals surface area contributed by atoms with Gasteiger partial charge in [-0.15, -0.1) is 0 Å². The largest absolute Gasteiger partial charge is 0.355 e. The Morgan fingerprint density at radius 2 is 1.89 bits per heavy atom. The molecular formula is C11H23N3O3S. The fourth-order valence-electron chi connectivity index (χ4n) is 2.34. The van der Waals surface area contributed by atoms with Gasteiger partial charge in [0.15, 0.2) is 0 Å². The van der Waals surface area contributed by atoms with Gasteiger partial charge in [0, 0.05) is 13.1 Å². The second-order valence-electron chi connectivity index (χ2n) is 4.82. The lowest BCUT2D eigenvalue weighted by Gasteiger charge is -2.34. The summed E-state index contributed by atoms with van der Waals surface area (Å²) in [6, 6.07) is 0. The Balaban J connectivity index is 2.48. The summed E-state index contributed by atoms with van der Waals surface area (Å²) in [6.45, 7) is 0.460. The van der Waals surface area contributed by atoms with Crippen LogP contribution in [0.3, 0.4) is 0 Å². The van der Waals surface area contributed by atoms with Crippen molar-refractivity contribution in [2.75, 3.05) is 25.9 Å². The van der Waals surface area contributed by atoms with Crippen molar-refractivity contribution in [1.82, 2.24) is 10.0 Å². The van der Waals surface area contributed by atoms with Crippen molar-refractivity contribution in [1.29, 1.82) is 0 Å². The van der Waals surface area contributed by atoms with Crippen LogP contribution in [0.25, 0.3) is 0 Å². The maximum absolute atomic E-state index is 12.1. The van der Waals surface area contributed by atoms with E-state index in [9.17, 15) is 13.2 Å². The highest BCUT2D eigenvalue weighted by molar-refractivity contribution is 7.89. The van der Waals surface area contributed by atoms with Crippen LogP contribution in [0.5, 0.6) is 0 Å². The number of nitrogens with two attached hydrogens (primary N) is 1. The Hall–Kier alpha value is -0.660. The monoisotopic (exact) mass is 277 g/mol. The molecule has 1 aliphatic carbocycles. The van der Waals surface area contributed by atoms with Crippen molar-refractivity contribution in [3.05, 3.63) is 0 Å². The summed E-state index contributed by atoms with van der Waals surface area (Å²) in [6.07, 6.45) is 4.77. The number of hydrogen-bond donors (Lipinski definition) is 3. The molecule has 6 nitrogen and oxygen atoms in total. The predicted octanol–water partition coefficient (Wildman–Crippen LogP) is -0.439. The zero-order valence-corrected chi connectivity index (χ0v) is 11.7. The lowest BCUT2D eigenvalue weighted by Crippen LogP contribution is -2.48. The number of amides is 1. The molecule has 0 aromatic carbocycles. The van der Waals surface area contributed by atoms with Gasteiger partial charge in [0.1, 0.15) is 0 Å². The summed E-state index contributed by atoms with van der Waals surface area (Å²) in [5.41, 5.74) is 5.25. The smallest absolute Gasteiger partial charge is 0.227 e. The molecule has 106 valence electrons. The van der Waals surface area contributed by atoms with E-state index in [-0.39, 0.29) is 18.2 Å². The molecular weight excluding hydrogens is 254 g/mol. The maximum atomic E-state index is 12.1. The summed E-state index contributed by atoms with van der Waals surface area (Å²) < 4.78 is 24.7. The average molecular weight is 277 g/mol. The molecule has 0 saturated heterocycles. The van der Waals surface area contributed by atoms with Gasteiger partial charge in [-0.2, -0.15) is 0 Å². The first-order chi connectivity index (χ1) is 8.46. The van der Waals surface area contributed by atoms with Crippen LogP contribution in [-0.2, 0) is 14.8 Å². The molecule has 0 bridgehead atoms. The van der Waals surface area contributed by atoms with E-state index in [1.807, 2.05) is 0 Å². The highest BCUT2D eigenvalue weighted by Crippen LogP contribution is 2.35. The van der Waals surface area contributed by atoms with Gasteiger partial charge in [0.2, 0.25) is 15.9 Å². The van der Waals surface area contributed by atoms with Crippen LogP contribution in [0.2, 0.25) is 0 Å². The third-order valence-corrected chi connectivity index (χ3v) is 5.01. The Labute approximate surface area is 109 Å². The minimum absolute atomic E-state index is 0.101. The van der Waals surface area contributed by atoms with Gasteiger partial charge in [-0.3, -0.25) is 4.79 Å². The van der Waals surface area contributed by atoms with Gasteiger partial charge in [0.25, 0.3) is 0 Å². The van der Waals surface area contributed by atoms with E-state index in [1.54, 1.807) is 0 Å². The number of nitrogens with one attached hydrogen (secondary N) is 2. The molecule has 0 spiro atoms. The number of carbonyl (C=O) groups excluding carboxylic acids is 1. The fraction of sp³-hybridized carbons (Fsp3) is 0.909. The van der Waals surface area contributed by atoms with Gasteiger partial charge in [-0.05, 0) is 19.9 Å². The number of carbonyl (C=O) groups is 1. The van der Waals surface area contributed by atoms with E-state index in [0.29, 0.717) is 6.54 Å². The van der Waals surface area contributed by atoms with E-state index >= 15 is 0 Å². The zero-order valence-electron chi connectivity index (χ0n) is 10.9. The third-order valence-electron chi connectivity index (χ3n) is 3.65. The van der Waals surface area contributed by atoms with Crippen LogP contribution in [0.15, 0.2) is 0 Å². The van der Waals surface area contributed by atoms with E-state index in [1.165, 1.54) is 7.05 Å². The summed E-state index contributed by atoms with van der Waals surface area (Å²) >= 11 is 0. The fourth-order valence-corrected chi connectivity index (χ4v) is 2.92. The van der Waals surface area contributed by atoms with E-state index in [0.717, 1.165) is 32.1 Å². The summed E-state index contributed by atoms with van der Waals surface area (Å²) in [5.74, 6) is -0.202. The van der Waals surface area contributed by atoms with E-state index in [4.69, 9.17) is 5.73 Å². The Morgan fingerprint density at radius 1 is 1.28 bits per heavy atom. The molecule has 0 radical (unpaired) electrons. The number of hydrogen-bond acceptors (Lipinski definition) is 4. The summed E-state index contributed by atoms with van der Waals surface area (Å²) in [5, 5.41) is 2.70. The van der Waals surface area contributed by atoms with Crippen LogP contribution in [-0.4, -0.2) is 40.2 Å². The molecule has 0 aliphatic heterocycles. The first-order valence-corrected chi connectivity index (χ1v) is 8.00.